The summed E-state index contributed by atoms with van der Waals surface area (Å²) in [4.78, 5) is 31.3. The maximum Gasteiger partial charge on any atom is 0.414 e. The third kappa shape index (κ3) is 4.51. The van der Waals surface area contributed by atoms with E-state index in [1.807, 2.05) is 39.0 Å². The van der Waals surface area contributed by atoms with Crippen molar-refractivity contribution in [2.75, 3.05) is 19.1 Å². The Morgan fingerprint density at radius 2 is 1.79 bits per heavy atom. The maximum atomic E-state index is 14.8. The fourth-order valence-electron chi connectivity index (χ4n) is 6.35. The number of amides is 1. The normalized spacial score (nSPS) is 21.5. The lowest BCUT2D eigenvalue weighted by Gasteiger charge is -2.34. The van der Waals surface area contributed by atoms with Gasteiger partial charge in [-0.1, -0.05) is 6.07 Å². The van der Waals surface area contributed by atoms with Crippen molar-refractivity contribution in [2.45, 2.75) is 76.8 Å². The molecule has 0 spiro atoms. The van der Waals surface area contributed by atoms with Crippen molar-refractivity contribution < 1.29 is 28.6 Å². The number of anilines is 1. The highest BCUT2D eigenvalue weighted by molar-refractivity contribution is 5.95. The molecule has 1 aliphatic heterocycles. The molecule has 2 aromatic carbocycles. The minimum atomic E-state index is -0.746. The summed E-state index contributed by atoms with van der Waals surface area (Å²) in [7, 11) is 2.83. The average Bonchev–Trinajstić information content (AvgIpc) is 3.33. The van der Waals surface area contributed by atoms with E-state index in [1.54, 1.807) is 11.0 Å². The SMILES string of the molecule is COC(=O)N1c2ccc3c(nc(C(C)(C)c4ccc(OC)c(F)c4)n3[C@H]3CC[C@H](C(=O)O)CC3)c2CC[C@@H]1C. The Kier molecular flexibility index (Phi) is 7.03. The van der Waals surface area contributed by atoms with Crippen molar-refractivity contribution in [3.8, 4) is 5.75 Å². The van der Waals surface area contributed by atoms with Crippen molar-refractivity contribution in [3.05, 3.63) is 53.1 Å². The Bertz CT molecular complexity index is 1420. The number of benzene rings is 2. The van der Waals surface area contributed by atoms with Crippen molar-refractivity contribution in [2.24, 2.45) is 5.92 Å². The molecule has 1 aromatic heterocycles. The number of hydrogen-bond donors (Lipinski definition) is 1. The molecule has 1 fully saturated rings. The van der Waals surface area contributed by atoms with E-state index in [4.69, 9.17) is 14.5 Å². The summed E-state index contributed by atoms with van der Waals surface area (Å²) < 4.78 is 27.3. The second-order valence-electron chi connectivity index (χ2n) is 11.3. The zero-order valence-corrected chi connectivity index (χ0v) is 23.2. The first-order chi connectivity index (χ1) is 18.6. The Hall–Kier alpha value is -3.62. The molecule has 0 bridgehead atoms. The summed E-state index contributed by atoms with van der Waals surface area (Å²) in [5.74, 6) is -0.554. The van der Waals surface area contributed by atoms with Crippen LogP contribution in [0.1, 0.15) is 75.9 Å². The van der Waals surface area contributed by atoms with Gasteiger partial charge in [-0.25, -0.2) is 14.2 Å². The second-order valence-corrected chi connectivity index (χ2v) is 11.3. The third-order valence-electron chi connectivity index (χ3n) is 8.67. The number of halogens is 1. The van der Waals surface area contributed by atoms with Crippen LogP contribution >= 0.6 is 0 Å². The third-order valence-corrected chi connectivity index (χ3v) is 8.67. The Labute approximate surface area is 227 Å². The van der Waals surface area contributed by atoms with Crippen molar-refractivity contribution in [1.82, 2.24) is 9.55 Å². The lowest BCUT2D eigenvalue weighted by atomic mass is 9.82. The lowest BCUT2D eigenvalue weighted by Crippen LogP contribution is -2.42. The van der Waals surface area contributed by atoms with Gasteiger partial charge in [-0.2, -0.15) is 0 Å². The quantitative estimate of drug-likeness (QED) is 0.415. The molecular weight excluding hydrogens is 501 g/mol. The Morgan fingerprint density at radius 3 is 2.41 bits per heavy atom. The minimum absolute atomic E-state index is 0.00559. The zero-order valence-electron chi connectivity index (χ0n) is 23.2. The van der Waals surface area contributed by atoms with Gasteiger partial charge in [-0.05, 0) is 89.1 Å². The number of aromatic nitrogens is 2. The molecule has 1 N–H and O–H groups in total. The molecule has 1 saturated carbocycles. The number of imidazole rings is 1. The number of fused-ring (bicyclic) bond motifs is 3. The van der Waals surface area contributed by atoms with E-state index in [0.29, 0.717) is 25.7 Å². The molecule has 0 radical (unpaired) electrons. The number of methoxy groups -OCH3 is 2. The van der Waals surface area contributed by atoms with Gasteiger partial charge in [0.15, 0.2) is 11.6 Å². The lowest BCUT2D eigenvalue weighted by molar-refractivity contribution is -0.143. The number of nitrogens with zero attached hydrogens (tertiary/aromatic N) is 3. The Balaban J connectivity index is 1.70. The van der Waals surface area contributed by atoms with Gasteiger partial charge in [0, 0.05) is 23.1 Å². The molecule has 3 aromatic rings. The van der Waals surface area contributed by atoms with Crippen LogP contribution in [0, 0.1) is 11.7 Å². The van der Waals surface area contributed by atoms with Crippen molar-refractivity contribution in [1.29, 1.82) is 0 Å². The number of carboxylic acids is 1. The van der Waals surface area contributed by atoms with Crippen molar-refractivity contribution >= 4 is 28.8 Å². The molecule has 1 atom stereocenters. The molecule has 0 saturated heterocycles. The van der Waals surface area contributed by atoms with E-state index < -0.39 is 23.3 Å². The van der Waals surface area contributed by atoms with Crippen LogP contribution in [0.4, 0.5) is 14.9 Å². The molecule has 208 valence electrons. The number of ether oxygens (including phenoxy) is 2. The number of hydrogen-bond acceptors (Lipinski definition) is 5. The first-order valence-corrected chi connectivity index (χ1v) is 13.6. The topological polar surface area (TPSA) is 93.9 Å². The Morgan fingerprint density at radius 1 is 1.08 bits per heavy atom. The molecular formula is C30H36FN3O5. The fraction of sp³-hybridized carbons (Fsp3) is 0.500. The number of carboxylic acid groups (broad SMARTS) is 1. The monoisotopic (exact) mass is 537 g/mol. The van der Waals surface area contributed by atoms with Crippen LogP contribution in [0.3, 0.4) is 0 Å². The zero-order chi connectivity index (χ0) is 28.1. The van der Waals surface area contributed by atoms with Gasteiger partial charge in [0.2, 0.25) is 0 Å². The first-order valence-electron chi connectivity index (χ1n) is 13.6. The van der Waals surface area contributed by atoms with Gasteiger partial charge < -0.3 is 19.1 Å². The van der Waals surface area contributed by atoms with E-state index in [0.717, 1.165) is 46.5 Å². The van der Waals surface area contributed by atoms with E-state index in [-0.39, 0.29) is 23.8 Å². The van der Waals surface area contributed by atoms with Crippen LogP contribution in [0.2, 0.25) is 0 Å². The van der Waals surface area contributed by atoms with E-state index in [2.05, 4.69) is 4.57 Å². The first kappa shape index (κ1) is 27.0. The summed E-state index contributed by atoms with van der Waals surface area (Å²) in [5, 5.41) is 9.56. The summed E-state index contributed by atoms with van der Waals surface area (Å²) in [6.07, 6.45) is 3.75. The van der Waals surface area contributed by atoms with Crippen LogP contribution in [0.25, 0.3) is 11.0 Å². The van der Waals surface area contributed by atoms with Crippen LogP contribution in [-0.4, -0.2) is 47.0 Å². The molecule has 2 aliphatic rings. The smallest absolute Gasteiger partial charge is 0.414 e. The number of carbonyl (C=O) groups excluding carboxylic acids is 1. The van der Waals surface area contributed by atoms with Crippen LogP contribution in [-0.2, 0) is 21.4 Å². The number of rotatable bonds is 5. The van der Waals surface area contributed by atoms with E-state index in [9.17, 15) is 19.1 Å². The molecule has 2 heterocycles. The van der Waals surface area contributed by atoms with Gasteiger partial charge in [0.1, 0.15) is 5.82 Å². The predicted molar refractivity (Wildman–Crippen MR) is 146 cm³/mol. The summed E-state index contributed by atoms with van der Waals surface area (Å²) in [6.45, 7) is 6.07. The molecule has 1 amide bonds. The highest BCUT2D eigenvalue weighted by atomic mass is 19.1. The molecule has 9 heteroatoms. The largest absolute Gasteiger partial charge is 0.494 e. The molecule has 8 nitrogen and oxygen atoms in total. The van der Waals surface area contributed by atoms with Crippen LogP contribution in [0.15, 0.2) is 30.3 Å². The molecule has 5 rings (SSSR count). The van der Waals surface area contributed by atoms with Gasteiger partial charge in [-0.3, -0.25) is 9.69 Å². The highest BCUT2D eigenvalue weighted by Crippen LogP contribution is 2.44. The number of aliphatic carboxylic acids is 1. The number of aryl methyl sites for hydroxylation is 1. The minimum Gasteiger partial charge on any atom is -0.494 e. The van der Waals surface area contributed by atoms with Gasteiger partial charge in [-0.15, -0.1) is 0 Å². The highest BCUT2D eigenvalue weighted by Gasteiger charge is 2.37. The standard InChI is InChI=1S/C30H36FN3O5/c1-17-6-12-21-23(33(17)29(37)39-5)13-14-24-26(21)32-28(34(24)20-10-7-18(8-11-20)27(35)36)30(2,3)19-9-15-25(38-4)22(31)16-19/h9,13-18,20H,6-8,10-12H2,1-5H3,(H,35,36)/t17-,18-,20-/m0/s1. The number of carbonyl (C=O) groups is 2. The fourth-order valence-corrected chi connectivity index (χ4v) is 6.35. The predicted octanol–water partition coefficient (Wildman–Crippen LogP) is 6.23. The summed E-state index contributed by atoms with van der Waals surface area (Å²) in [6, 6.07) is 9.02. The second kappa shape index (κ2) is 10.2. The van der Waals surface area contributed by atoms with Crippen LogP contribution in [0.5, 0.6) is 5.75 Å². The van der Waals surface area contributed by atoms with Gasteiger partial charge in [0.05, 0.1) is 36.9 Å². The average molecular weight is 538 g/mol. The van der Waals surface area contributed by atoms with Gasteiger partial charge >= 0.3 is 12.1 Å². The van der Waals surface area contributed by atoms with Crippen LogP contribution < -0.4 is 9.64 Å². The summed E-state index contributed by atoms with van der Waals surface area (Å²) in [5.41, 5.74) is 3.65. The molecule has 1 aliphatic carbocycles. The molecule has 0 unspecified atom stereocenters. The van der Waals surface area contributed by atoms with Gasteiger partial charge in [0.25, 0.3) is 0 Å². The van der Waals surface area contributed by atoms with Crippen molar-refractivity contribution in [3.63, 3.8) is 0 Å². The maximum absolute atomic E-state index is 14.8. The van der Waals surface area contributed by atoms with E-state index in [1.165, 1.54) is 20.3 Å². The summed E-state index contributed by atoms with van der Waals surface area (Å²) >= 11 is 0. The van der Waals surface area contributed by atoms with E-state index >= 15 is 0 Å². The molecule has 39 heavy (non-hydrogen) atoms.